The first kappa shape index (κ1) is 19.8. The van der Waals surface area contributed by atoms with Gasteiger partial charge in [-0.2, -0.15) is 0 Å². The van der Waals surface area contributed by atoms with E-state index in [0.717, 1.165) is 59.8 Å². The lowest BCUT2D eigenvalue weighted by Gasteiger charge is -2.33. The van der Waals surface area contributed by atoms with E-state index in [1.807, 2.05) is 18.3 Å². The van der Waals surface area contributed by atoms with E-state index in [-0.39, 0.29) is 0 Å². The van der Waals surface area contributed by atoms with Gasteiger partial charge in [0.15, 0.2) is 5.13 Å². The Kier molecular flexibility index (Phi) is 5.44. The van der Waals surface area contributed by atoms with Crippen molar-refractivity contribution in [3.8, 4) is 16.9 Å². The molecular formula is C24H26N6S. The van der Waals surface area contributed by atoms with Crippen LogP contribution in [0.2, 0.25) is 0 Å². The van der Waals surface area contributed by atoms with Crippen molar-refractivity contribution in [2.24, 2.45) is 0 Å². The Morgan fingerprint density at radius 2 is 1.81 bits per heavy atom. The first-order valence-electron chi connectivity index (χ1n) is 10.5. The number of nitrogens with one attached hydrogen (secondary N) is 1. The maximum absolute atomic E-state index is 4.80. The zero-order valence-corrected chi connectivity index (χ0v) is 18.6. The fraction of sp³-hybridized carbons (Fsp3) is 0.250. The van der Waals surface area contributed by atoms with Crippen molar-refractivity contribution in [2.75, 3.05) is 43.4 Å². The summed E-state index contributed by atoms with van der Waals surface area (Å²) in [6.07, 6.45) is 6.04. The zero-order valence-electron chi connectivity index (χ0n) is 17.8. The van der Waals surface area contributed by atoms with Crippen molar-refractivity contribution in [3.63, 3.8) is 0 Å². The summed E-state index contributed by atoms with van der Waals surface area (Å²) in [6, 6.07) is 14.7. The minimum atomic E-state index is 0.880. The summed E-state index contributed by atoms with van der Waals surface area (Å²) in [7, 11) is 2.17. The van der Waals surface area contributed by atoms with Gasteiger partial charge in [-0.05, 0) is 55.9 Å². The molecule has 31 heavy (non-hydrogen) atoms. The van der Waals surface area contributed by atoms with Crippen LogP contribution in [0.15, 0.2) is 66.4 Å². The van der Waals surface area contributed by atoms with Crippen LogP contribution in [0.3, 0.4) is 0 Å². The third-order valence-electron chi connectivity index (χ3n) is 5.74. The molecule has 0 saturated carbocycles. The molecule has 5 rings (SSSR count). The van der Waals surface area contributed by atoms with Crippen LogP contribution in [0.4, 0.5) is 16.6 Å². The summed E-state index contributed by atoms with van der Waals surface area (Å²) < 4.78 is 2.10. The fourth-order valence-electron chi connectivity index (χ4n) is 3.75. The molecule has 0 unspecified atom stereocenters. The number of rotatable bonds is 5. The molecule has 1 fully saturated rings. The molecule has 0 amide bonds. The predicted molar refractivity (Wildman–Crippen MR) is 129 cm³/mol. The van der Waals surface area contributed by atoms with E-state index >= 15 is 0 Å². The van der Waals surface area contributed by atoms with Crippen LogP contribution in [0.1, 0.15) is 5.56 Å². The Morgan fingerprint density at radius 3 is 2.55 bits per heavy atom. The van der Waals surface area contributed by atoms with Crippen LogP contribution in [-0.4, -0.2) is 52.7 Å². The van der Waals surface area contributed by atoms with Gasteiger partial charge in [0.25, 0.3) is 0 Å². The smallest absolute Gasteiger partial charge is 0.187 e. The molecule has 158 valence electrons. The molecule has 0 atom stereocenters. The second kappa shape index (κ2) is 8.53. The molecule has 1 aliphatic rings. The van der Waals surface area contributed by atoms with Crippen molar-refractivity contribution in [1.82, 2.24) is 19.4 Å². The molecule has 1 aromatic carbocycles. The lowest BCUT2D eigenvalue weighted by Crippen LogP contribution is -2.44. The average molecular weight is 431 g/mol. The van der Waals surface area contributed by atoms with Crippen molar-refractivity contribution in [1.29, 1.82) is 0 Å². The monoisotopic (exact) mass is 430 g/mol. The van der Waals surface area contributed by atoms with Gasteiger partial charge in [0.2, 0.25) is 0 Å². The van der Waals surface area contributed by atoms with Gasteiger partial charge in [0, 0.05) is 67.1 Å². The number of thiazole rings is 1. The van der Waals surface area contributed by atoms with Crippen LogP contribution in [0.5, 0.6) is 0 Å². The van der Waals surface area contributed by atoms with Crippen molar-refractivity contribution in [3.05, 3.63) is 72.0 Å². The Bertz CT molecular complexity index is 1140. The third kappa shape index (κ3) is 4.33. The second-order valence-electron chi connectivity index (χ2n) is 7.95. The molecule has 1 N–H and O–H groups in total. The molecule has 0 bridgehead atoms. The number of hydrogen-bond donors (Lipinski definition) is 1. The zero-order chi connectivity index (χ0) is 21.2. The molecule has 6 nitrogen and oxygen atoms in total. The summed E-state index contributed by atoms with van der Waals surface area (Å²) >= 11 is 1.61. The summed E-state index contributed by atoms with van der Waals surface area (Å²) in [5.41, 5.74) is 5.37. The molecule has 0 spiro atoms. The van der Waals surface area contributed by atoms with E-state index in [9.17, 15) is 0 Å². The number of aryl methyl sites for hydroxylation is 1. The minimum Gasteiger partial charge on any atom is -0.354 e. The lowest BCUT2D eigenvalue weighted by molar-refractivity contribution is 0.312. The molecule has 4 heterocycles. The first-order chi connectivity index (χ1) is 15.2. The standard InChI is InChI=1S/C24H26N6S/c1-18-5-7-20(29-9-3-4-10-29)15-21(18)26-24-27-22(17-31-24)19-6-8-23(25-16-19)30-13-11-28(2)12-14-30/h3-10,15-17H,11-14H2,1-2H3,(H,26,27). The molecule has 0 radical (unpaired) electrons. The molecule has 1 aliphatic heterocycles. The van der Waals surface area contributed by atoms with E-state index in [0.29, 0.717) is 0 Å². The highest BCUT2D eigenvalue weighted by molar-refractivity contribution is 7.14. The summed E-state index contributed by atoms with van der Waals surface area (Å²) in [5, 5.41) is 6.46. The van der Waals surface area contributed by atoms with Gasteiger partial charge < -0.3 is 19.7 Å². The van der Waals surface area contributed by atoms with Crippen LogP contribution >= 0.6 is 11.3 Å². The maximum Gasteiger partial charge on any atom is 0.187 e. The number of aromatic nitrogens is 3. The van der Waals surface area contributed by atoms with E-state index in [1.54, 1.807) is 11.3 Å². The number of piperazine rings is 1. The highest BCUT2D eigenvalue weighted by Gasteiger charge is 2.15. The highest BCUT2D eigenvalue weighted by Crippen LogP contribution is 2.30. The van der Waals surface area contributed by atoms with Gasteiger partial charge in [-0.15, -0.1) is 11.3 Å². The van der Waals surface area contributed by atoms with Gasteiger partial charge in [0.1, 0.15) is 5.82 Å². The molecule has 3 aromatic heterocycles. The maximum atomic E-state index is 4.80. The van der Waals surface area contributed by atoms with Gasteiger partial charge in [-0.3, -0.25) is 0 Å². The van der Waals surface area contributed by atoms with Gasteiger partial charge in [-0.1, -0.05) is 6.07 Å². The Balaban J connectivity index is 1.31. The quantitative estimate of drug-likeness (QED) is 0.493. The number of likely N-dealkylation sites (N-methyl/N-ethyl adjacent to an activating group) is 1. The molecular weight excluding hydrogens is 404 g/mol. The molecule has 1 saturated heterocycles. The van der Waals surface area contributed by atoms with Crippen molar-refractivity contribution < 1.29 is 0 Å². The van der Waals surface area contributed by atoms with Crippen LogP contribution in [0, 0.1) is 6.92 Å². The molecule has 4 aromatic rings. The number of hydrogen-bond acceptors (Lipinski definition) is 6. The van der Waals surface area contributed by atoms with Crippen LogP contribution in [0.25, 0.3) is 16.9 Å². The third-order valence-corrected chi connectivity index (χ3v) is 6.50. The first-order valence-corrected chi connectivity index (χ1v) is 11.4. The Labute approximate surface area is 186 Å². The summed E-state index contributed by atoms with van der Waals surface area (Å²) in [6.45, 7) is 6.31. The van der Waals surface area contributed by atoms with Gasteiger partial charge in [0.05, 0.1) is 5.69 Å². The number of anilines is 3. The number of benzene rings is 1. The normalized spacial score (nSPS) is 14.7. The van der Waals surface area contributed by atoms with Crippen LogP contribution < -0.4 is 10.2 Å². The number of pyridine rings is 1. The van der Waals surface area contributed by atoms with Crippen molar-refractivity contribution >= 4 is 28.0 Å². The largest absolute Gasteiger partial charge is 0.354 e. The Hall–Kier alpha value is -3.16. The summed E-state index contributed by atoms with van der Waals surface area (Å²) in [5.74, 6) is 1.04. The van der Waals surface area contributed by atoms with E-state index < -0.39 is 0 Å². The predicted octanol–water partition coefficient (Wildman–Crippen LogP) is 4.80. The average Bonchev–Trinajstić information content (AvgIpc) is 3.49. The van der Waals surface area contributed by atoms with E-state index in [2.05, 4.69) is 81.8 Å². The SMILES string of the molecule is Cc1ccc(-n2cccc2)cc1Nc1nc(-c2ccc(N3CCN(C)CC3)nc2)cs1. The van der Waals surface area contributed by atoms with E-state index in [1.165, 1.54) is 5.56 Å². The topological polar surface area (TPSA) is 49.2 Å². The molecule has 0 aliphatic carbocycles. The lowest BCUT2D eigenvalue weighted by atomic mass is 10.2. The van der Waals surface area contributed by atoms with Crippen LogP contribution in [-0.2, 0) is 0 Å². The number of nitrogens with zero attached hydrogens (tertiary/aromatic N) is 5. The highest BCUT2D eigenvalue weighted by atomic mass is 32.1. The van der Waals surface area contributed by atoms with Gasteiger partial charge >= 0.3 is 0 Å². The Morgan fingerprint density at radius 1 is 1.00 bits per heavy atom. The molecule has 7 heteroatoms. The fourth-order valence-corrected chi connectivity index (χ4v) is 4.48. The van der Waals surface area contributed by atoms with Gasteiger partial charge in [-0.25, -0.2) is 9.97 Å². The van der Waals surface area contributed by atoms with Crippen molar-refractivity contribution in [2.45, 2.75) is 6.92 Å². The minimum absolute atomic E-state index is 0.880. The van der Waals surface area contributed by atoms with E-state index in [4.69, 9.17) is 9.97 Å². The summed E-state index contributed by atoms with van der Waals surface area (Å²) in [4.78, 5) is 14.2. The second-order valence-corrected chi connectivity index (χ2v) is 8.81.